The van der Waals surface area contributed by atoms with E-state index < -0.39 is 14.8 Å². The monoisotopic (exact) mass is 457 g/mol. The largest absolute Gasteiger partial charge is 0.273 e. The molecule has 1 aromatic heterocycles. The number of sulfonamides is 1. The van der Waals surface area contributed by atoms with E-state index in [1.807, 2.05) is 0 Å². The molecule has 1 heterocycles. The van der Waals surface area contributed by atoms with Crippen LogP contribution in [0.4, 0.5) is 5.00 Å². The standard InChI is InChI=1S/C20H28BrNO2S2/c1-5-6-7-8-17-13-18(16-11-9-15(14-21)10-12-16)19(25-17)22-26(23,24)20(2,3)4/h9-13,22H,5-8,14H2,1-4H3. The van der Waals surface area contributed by atoms with Crippen LogP contribution in [-0.4, -0.2) is 13.2 Å². The van der Waals surface area contributed by atoms with E-state index in [0.717, 1.165) is 34.3 Å². The maximum atomic E-state index is 12.7. The van der Waals surface area contributed by atoms with Gasteiger partial charge in [-0.1, -0.05) is 60.0 Å². The molecule has 26 heavy (non-hydrogen) atoms. The summed E-state index contributed by atoms with van der Waals surface area (Å²) in [7, 11) is -3.45. The van der Waals surface area contributed by atoms with Crippen molar-refractivity contribution in [2.45, 2.75) is 63.5 Å². The van der Waals surface area contributed by atoms with Crippen molar-refractivity contribution in [3.63, 3.8) is 0 Å². The first kappa shape index (κ1) is 21.5. The zero-order valence-corrected chi connectivity index (χ0v) is 19.2. The third kappa shape index (κ3) is 5.33. The second kappa shape index (κ2) is 8.89. The lowest BCUT2D eigenvalue weighted by Crippen LogP contribution is -2.33. The highest BCUT2D eigenvalue weighted by molar-refractivity contribution is 9.08. The normalized spacial score (nSPS) is 12.3. The van der Waals surface area contributed by atoms with Crippen LogP contribution in [0.2, 0.25) is 0 Å². The highest BCUT2D eigenvalue weighted by Gasteiger charge is 2.30. The van der Waals surface area contributed by atoms with Gasteiger partial charge in [-0.15, -0.1) is 11.3 Å². The predicted octanol–water partition coefficient (Wildman–Crippen LogP) is 6.58. The van der Waals surface area contributed by atoms with Gasteiger partial charge in [0, 0.05) is 15.8 Å². The molecule has 0 aliphatic carbocycles. The van der Waals surface area contributed by atoms with Gasteiger partial charge in [-0.3, -0.25) is 4.72 Å². The van der Waals surface area contributed by atoms with Crippen molar-refractivity contribution in [2.24, 2.45) is 0 Å². The van der Waals surface area contributed by atoms with Gasteiger partial charge in [0.05, 0.1) is 4.75 Å². The van der Waals surface area contributed by atoms with Gasteiger partial charge in [0.2, 0.25) is 10.0 Å². The van der Waals surface area contributed by atoms with Gasteiger partial charge < -0.3 is 0 Å². The minimum atomic E-state index is -3.45. The van der Waals surface area contributed by atoms with E-state index in [2.05, 4.69) is 57.9 Å². The van der Waals surface area contributed by atoms with Crippen molar-refractivity contribution in [3.8, 4) is 11.1 Å². The molecule has 6 heteroatoms. The molecule has 0 aliphatic heterocycles. The number of halogens is 1. The quantitative estimate of drug-likeness (QED) is 0.359. The summed E-state index contributed by atoms with van der Waals surface area (Å²) in [6.07, 6.45) is 4.48. The van der Waals surface area contributed by atoms with Crippen LogP contribution < -0.4 is 4.72 Å². The molecule has 0 fully saturated rings. The molecule has 0 spiro atoms. The molecule has 1 aromatic carbocycles. The fourth-order valence-corrected chi connectivity index (χ4v) is 4.96. The van der Waals surface area contributed by atoms with Crippen LogP contribution in [-0.2, 0) is 21.8 Å². The number of rotatable bonds is 8. The lowest BCUT2D eigenvalue weighted by Gasteiger charge is -2.20. The maximum absolute atomic E-state index is 12.7. The molecule has 0 radical (unpaired) electrons. The lowest BCUT2D eigenvalue weighted by molar-refractivity contribution is 0.566. The van der Waals surface area contributed by atoms with Crippen molar-refractivity contribution in [1.29, 1.82) is 0 Å². The van der Waals surface area contributed by atoms with E-state index in [1.165, 1.54) is 23.3 Å². The molecule has 2 rings (SSSR count). The fraction of sp³-hybridized carbons (Fsp3) is 0.500. The molecule has 0 aliphatic rings. The van der Waals surface area contributed by atoms with E-state index in [1.54, 1.807) is 32.1 Å². The Morgan fingerprint density at radius 1 is 1.12 bits per heavy atom. The number of thiophene rings is 1. The predicted molar refractivity (Wildman–Crippen MR) is 118 cm³/mol. The van der Waals surface area contributed by atoms with E-state index in [-0.39, 0.29) is 0 Å². The SMILES string of the molecule is CCCCCc1cc(-c2ccc(CBr)cc2)c(NS(=O)(=O)C(C)(C)C)s1. The van der Waals surface area contributed by atoms with E-state index in [4.69, 9.17) is 0 Å². The molecule has 2 aromatic rings. The molecule has 3 nitrogen and oxygen atoms in total. The van der Waals surface area contributed by atoms with Gasteiger partial charge in [0.15, 0.2) is 0 Å². The van der Waals surface area contributed by atoms with Crippen LogP contribution in [0.3, 0.4) is 0 Å². The summed E-state index contributed by atoms with van der Waals surface area (Å²) in [4.78, 5) is 1.23. The van der Waals surface area contributed by atoms with E-state index in [0.29, 0.717) is 0 Å². The zero-order valence-electron chi connectivity index (χ0n) is 15.9. The van der Waals surface area contributed by atoms with Crippen molar-refractivity contribution >= 4 is 42.3 Å². The first-order chi connectivity index (χ1) is 12.2. The Labute approximate surface area is 170 Å². The zero-order chi connectivity index (χ0) is 19.4. The van der Waals surface area contributed by atoms with Gasteiger partial charge in [-0.25, -0.2) is 8.42 Å². The lowest BCUT2D eigenvalue weighted by atomic mass is 10.1. The number of benzene rings is 1. The van der Waals surface area contributed by atoms with Crippen molar-refractivity contribution in [1.82, 2.24) is 0 Å². The van der Waals surface area contributed by atoms with Crippen LogP contribution >= 0.6 is 27.3 Å². The Bertz CT molecular complexity index is 818. The van der Waals surface area contributed by atoms with Crippen LogP contribution in [0.1, 0.15) is 57.4 Å². The maximum Gasteiger partial charge on any atom is 0.238 e. The van der Waals surface area contributed by atoms with Gasteiger partial charge >= 0.3 is 0 Å². The third-order valence-electron chi connectivity index (χ3n) is 4.26. The van der Waals surface area contributed by atoms with Crippen molar-refractivity contribution in [2.75, 3.05) is 4.72 Å². The number of hydrogen-bond donors (Lipinski definition) is 1. The number of hydrogen-bond acceptors (Lipinski definition) is 3. The number of nitrogens with one attached hydrogen (secondary N) is 1. The summed E-state index contributed by atoms with van der Waals surface area (Å²) in [5.74, 6) is 0. The first-order valence-corrected chi connectivity index (χ1v) is 12.4. The minimum absolute atomic E-state index is 0.720. The molecular formula is C20H28BrNO2S2. The van der Waals surface area contributed by atoms with Crippen molar-refractivity contribution in [3.05, 3.63) is 40.8 Å². The molecular weight excluding hydrogens is 430 g/mol. The Morgan fingerprint density at radius 3 is 2.31 bits per heavy atom. The minimum Gasteiger partial charge on any atom is -0.273 e. The molecule has 0 amide bonds. The summed E-state index contributed by atoms with van der Waals surface area (Å²) in [5, 5.41) is 1.53. The Morgan fingerprint density at radius 2 is 1.77 bits per heavy atom. The molecule has 0 unspecified atom stereocenters. The first-order valence-electron chi connectivity index (χ1n) is 8.98. The third-order valence-corrected chi connectivity index (χ3v) is 8.23. The Balaban J connectivity index is 2.40. The molecule has 0 bridgehead atoms. The highest BCUT2D eigenvalue weighted by atomic mass is 79.9. The molecule has 0 saturated heterocycles. The van der Waals surface area contributed by atoms with E-state index in [9.17, 15) is 8.42 Å². The summed E-state index contributed by atoms with van der Waals surface area (Å²) in [5.41, 5.74) is 3.21. The smallest absolute Gasteiger partial charge is 0.238 e. The van der Waals surface area contributed by atoms with Crippen molar-refractivity contribution < 1.29 is 8.42 Å². The summed E-state index contributed by atoms with van der Waals surface area (Å²) >= 11 is 5.02. The summed E-state index contributed by atoms with van der Waals surface area (Å²) in [6, 6.07) is 10.4. The Kier molecular flexibility index (Phi) is 7.34. The average Bonchev–Trinajstić information content (AvgIpc) is 2.96. The number of unbranched alkanes of at least 4 members (excludes halogenated alkanes) is 2. The van der Waals surface area contributed by atoms with Gasteiger partial charge in [0.25, 0.3) is 0 Å². The number of aryl methyl sites for hydroxylation is 1. The molecule has 1 N–H and O–H groups in total. The molecule has 0 atom stereocenters. The van der Waals surface area contributed by atoms with Gasteiger partial charge in [-0.05, 0) is 50.8 Å². The number of anilines is 1. The summed E-state index contributed by atoms with van der Waals surface area (Å²) < 4.78 is 27.3. The summed E-state index contributed by atoms with van der Waals surface area (Å²) in [6.45, 7) is 7.34. The van der Waals surface area contributed by atoms with Gasteiger partial charge in [-0.2, -0.15) is 0 Å². The highest BCUT2D eigenvalue weighted by Crippen LogP contribution is 2.39. The average molecular weight is 458 g/mol. The molecule has 0 saturated carbocycles. The fourth-order valence-electron chi connectivity index (χ4n) is 2.45. The molecule has 144 valence electrons. The van der Waals surface area contributed by atoms with Crippen LogP contribution in [0.5, 0.6) is 0 Å². The second-order valence-corrected chi connectivity index (χ2v) is 11.6. The topological polar surface area (TPSA) is 46.2 Å². The number of alkyl halides is 1. The van der Waals surface area contributed by atoms with E-state index >= 15 is 0 Å². The Hall–Kier alpha value is -0.850. The van der Waals surface area contributed by atoms with Crippen LogP contribution in [0.25, 0.3) is 11.1 Å². The van der Waals surface area contributed by atoms with Crippen LogP contribution in [0.15, 0.2) is 30.3 Å². The van der Waals surface area contributed by atoms with Gasteiger partial charge in [0.1, 0.15) is 5.00 Å². The van der Waals surface area contributed by atoms with Crippen LogP contribution in [0, 0.1) is 0 Å². The second-order valence-electron chi connectivity index (χ2n) is 7.46.